The van der Waals surface area contributed by atoms with Crippen molar-refractivity contribution in [1.29, 1.82) is 0 Å². The Hall–Kier alpha value is -1.09. The summed E-state index contributed by atoms with van der Waals surface area (Å²) in [5.74, 6) is 0.228. The lowest BCUT2D eigenvalue weighted by Gasteiger charge is -2.25. The summed E-state index contributed by atoms with van der Waals surface area (Å²) in [6.07, 6.45) is 0.756. The molecule has 1 aromatic rings. The lowest BCUT2D eigenvalue weighted by atomic mass is 9.94. The fraction of sp³-hybridized carbons (Fsp3) is 0.300. The van der Waals surface area contributed by atoms with Gasteiger partial charge in [0, 0.05) is 12.8 Å². The summed E-state index contributed by atoms with van der Waals surface area (Å²) >= 11 is 5.74. The molecule has 1 saturated carbocycles. The maximum Gasteiger partial charge on any atom is 0.140 e. The second-order valence-electron chi connectivity index (χ2n) is 3.26. The van der Waals surface area contributed by atoms with Gasteiger partial charge in [-0.25, -0.2) is 4.39 Å². The summed E-state index contributed by atoms with van der Waals surface area (Å²) in [5, 5.41) is 0.240. The van der Waals surface area contributed by atoms with Crippen molar-refractivity contribution in [3.05, 3.63) is 29.0 Å². The van der Waals surface area contributed by atoms with Gasteiger partial charge in [-0.05, 0) is 18.2 Å². The number of ketones is 1. The minimum atomic E-state index is -0.396. The number of carbonyl (C=O) groups excluding carboxylic acids is 1. The van der Waals surface area contributed by atoms with Crippen molar-refractivity contribution in [3.63, 3.8) is 0 Å². The minimum absolute atomic E-state index is 0.0922. The number of hydrogen-bond donors (Lipinski definition) is 0. The van der Waals surface area contributed by atoms with Crippen LogP contribution in [0, 0.1) is 5.82 Å². The first-order valence-corrected chi connectivity index (χ1v) is 4.66. The van der Waals surface area contributed by atoms with Gasteiger partial charge in [-0.1, -0.05) is 11.6 Å². The van der Waals surface area contributed by atoms with E-state index in [4.69, 9.17) is 16.3 Å². The fourth-order valence-corrected chi connectivity index (χ4v) is 1.49. The molecule has 1 aliphatic rings. The summed E-state index contributed by atoms with van der Waals surface area (Å²) in [6.45, 7) is 0. The van der Waals surface area contributed by atoms with E-state index in [1.54, 1.807) is 0 Å². The molecule has 74 valence electrons. The van der Waals surface area contributed by atoms with Gasteiger partial charge < -0.3 is 4.74 Å². The van der Waals surface area contributed by atoms with Crippen molar-refractivity contribution in [1.82, 2.24) is 0 Å². The SMILES string of the molecule is O=C1CC(Oc2ccc(F)cc2Cl)C1. The van der Waals surface area contributed by atoms with E-state index < -0.39 is 5.82 Å². The van der Waals surface area contributed by atoms with Crippen molar-refractivity contribution < 1.29 is 13.9 Å². The summed E-state index contributed by atoms with van der Waals surface area (Å²) in [7, 11) is 0. The topological polar surface area (TPSA) is 26.3 Å². The molecule has 1 aromatic carbocycles. The van der Waals surface area contributed by atoms with Crippen LogP contribution in [0.4, 0.5) is 4.39 Å². The first-order chi connectivity index (χ1) is 6.65. The number of Topliss-reactive ketones (excluding diaryl/α,β-unsaturated/α-hetero) is 1. The predicted molar refractivity (Wildman–Crippen MR) is 50.1 cm³/mol. The molecule has 0 spiro atoms. The standard InChI is InChI=1S/C10H8ClFO2/c11-9-3-6(12)1-2-10(9)14-8-4-7(13)5-8/h1-3,8H,4-5H2. The maximum absolute atomic E-state index is 12.6. The lowest BCUT2D eigenvalue weighted by Crippen LogP contribution is -2.33. The molecule has 0 N–H and O–H groups in total. The van der Waals surface area contributed by atoms with Crippen LogP contribution in [-0.2, 0) is 4.79 Å². The van der Waals surface area contributed by atoms with Gasteiger partial charge in [0.25, 0.3) is 0 Å². The highest BCUT2D eigenvalue weighted by atomic mass is 35.5. The number of rotatable bonds is 2. The minimum Gasteiger partial charge on any atom is -0.488 e. The number of ether oxygens (including phenoxy) is 1. The summed E-state index contributed by atoms with van der Waals surface area (Å²) in [6, 6.07) is 3.94. The monoisotopic (exact) mass is 214 g/mol. The average molecular weight is 215 g/mol. The zero-order chi connectivity index (χ0) is 10.1. The lowest BCUT2D eigenvalue weighted by molar-refractivity contribution is -0.129. The Balaban J connectivity index is 2.06. The number of hydrogen-bond acceptors (Lipinski definition) is 2. The van der Waals surface area contributed by atoms with Crippen molar-refractivity contribution in [2.24, 2.45) is 0 Å². The van der Waals surface area contributed by atoms with Gasteiger partial charge in [-0.3, -0.25) is 4.79 Å². The molecule has 0 heterocycles. The van der Waals surface area contributed by atoms with Crippen molar-refractivity contribution in [2.75, 3.05) is 0 Å². The Morgan fingerprint density at radius 2 is 2.14 bits per heavy atom. The van der Waals surface area contributed by atoms with Crippen LogP contribution in [0.15, 0.2) is 18.2 Å². The molecule has 0 amide bonds. The van der Waals surface area contributed by atoms with E-state index in [1.165, 1.54) is 18.2 Å². The highest BCUT2D eigenvalue weighted by molar-refractivity contribution is 6.32. The van der Waals surface area contributed by atoms with Gasteiger partial charge >= 0.3 is 0 Å². The molecule has 0 radical (unpaired) electrons. The van der Waals surface area contributed by atoms with Crippen molar-refractivity contribution in [3.8, 4) is 5.75 Å². The van der Waals surface area contributed by atoms with Crippen LogP contribution in [0.25, 0.3) is 0 Å². The average Bonchev–Trinajstić information content (AvgIpc) is 2.06. The molecule has 0 atom stereocenters. The molecule has 1 aliphatic carbocycles. The third kappa shape index (κ3) is 1.87. The summed E-state index contributed by atoms with van der Waals surface area (Å²) in [5.41, 5.74) is 0. The highest BCUT2D eigenvalue weighted by Crippen LogP contribution is 2.29. The van der Waals surface area contributed by atoms with Crippen LogP contribution in [0.5, 0.6) is 5.75 Å². The van der Waals surface area contributed by atoms with Gasteiger partial charge in [0.05, 0.1) is 5.02 Å². The second kappa shape index (κ2) is 3.58. The van der Waals surface area contributed by atoms with Gasteiger partial charge in [-0.15, -0.1) is 0 Å². The molecule has 2 nitrogen and oxygen atoms in total. The third-order valence-electron chi connectivity index (χ3n) is 2.10. The number of carbonyl (C=O) groups is 1. The van der Waals surface area contributed by atoms with E-state index in [0.717, 1.165) is 0 Å². The Morgan fingerprint density at radius 1 is 1.43 bits per heavy atom. The molecule has 2 rings (SSSR count). The van der Waals surface area contributed by atoms with E-state index >= 15 is 0 Å². The van der Waals surface area contributed by atoms with E-state index in [1.807, 2.05) is 0 Å². The summed E-state index contributed by atoms with van der Waals surface area (Å²) < 4.78 is 18.0. The highest BCUT2D eigenvalue weighted by Gasteiger charge is 2.28. The normalized spacial score (nSPS) is 16.6. The molecule has 0 unspecified atom stereocenters. The Morgan fingerprint density at radius 3 is 2.71 bits per heavy atom. The molecular weight excluding hydrogens is 207 g/mol. The summed E-state index contributed by atoms with van der Waals surface area (Å²) in [4.78, 5) is 10.7. The zero-order valence-electron chi connectivity index (χ0n) is 7.30. The molecule has 14 heavy (non-hydrogen) atoms. The van der Waals surface area contributed by atoms with Crippen LogP contribution in [-0.4, -0.2) is 11.9 Å². The van der Waals surface area contributed by atoms with E-state index in [2.05, 4.69) is 0 Å². The van der Waals surface area contributed by atoms with Gasteiger partial charge in [0.2, 0.25) is 0 Å². The van der Waals surface area contributed by atoms with Gasteiger partial charge in [0.1, 0.15) is 23.5 Å². The van der Waals surface area contributed by atoms with Crippen LogP contribution in [0.3, 0.4) is 0 Å². The number of halogens is 2. The van der Waals surface area contributed by atoms with Crippen LogP contribution in [0.1, 0.15) is 12.8 Å². The molecular formula is C10H8ClFO2. The van der Waals surface area contributed by atoms with E-state index in [0.29, 0.717) is 18.6 Å². The smallest absolute Gasteiger partial charge is 0.140 e. The third-order valence-corrected chi connectivity index (χ3v) is 2.39. The van der Waals surface area contributed by atoms with Crippen LogP contribution < -0.4 is 4.74 Å². The van der Waals surface area contributed by atoms with Gasteiger partial charge in [0.15, 0.2) is 0 Å². The van der Waals surface area contributed by atoms with Crippen molar-refractivity contribution >= 4 is 17.4 Å². The molecule has 0 saturated heterocycles. The van der Waals surface area contributed by atoms with E-state index in [9.17, 15) is 9.18 Å². The van der Waals surface area contributed by atoms with Gasteiger partial charge in [-0.2, -0.15) is 0 Å². The Labute approximate surface area is 85.6 Å². The maximum atomic E-state index is 12.6. The molecule has 0 bridgehead atoms. The molecule has 0 aromatic heterocycles. The Kier molecular flexibility index (Phi) is 2.42. The van der Waals surface area contributed by atoms with Crippen LogP contribution >= 0.6 is 11.6 Å². The quantitative estimate of drug-likeness (QED) is 0.757. The van der Waals surface area contributed by atoms with Crippen molar-refractivity contribution in [2.45, 2.75) is 18.9 Å². The molecule has 0 aliphatic heterocycles. The fourth-order valence-electron chi connectivity index (χ4n) is 1.28. The Bertz CT molecular complexity index is 370. The zero-order valence-corrected chi connectivity index (χ0v) is 8.05. The first kappa shape index (κ1) is 9.46. The second-order valence-corrected chi connectivity index (χ2v) is 3.67. The van der Waals surface area contributed by atoms with Crippen LogP contribution in [0.2, 0.25) is 5.02 Å². The molecule has 4 heteroatoms. The predicted octanol–water partition coefficient (Wildman–Crippen LogP) is 2.59. The molecule has 1 fully saturated rings. The first-order valence-electron chi connectivity index (χ1n) is 4.28. The largest absolute Gasteiger partial charge is 0.488 e. The number of benzene rings is 1. The van der Waals surface area contributed by atoms with E-state index in [-0.39, 0.29) is 16.9 Å².